The first-order chi connectivity index (χ1) is 8.15. The molecule has 1 heterocycles. The molecule has 17 heavy (non-hydrogen) atoms. The molecule has 1 amide bonds. The Balaban J connectivity index is 2.63. The number of hydrogen-bond acceptors (Lipinski definition) is 3. The van der Waals surface area contributed by atoms with Gasteiger partial charge < -0.3 is 4.90 Å². The van der Waals surface area contributed by atoms with Gasteiger partial charge in [-0.05, 0) is 26.0 Å². The van der Waals surface area contributed by atoms with Crippen molar-refractivity contribution in [2.75, 3.05) is 12.0 Å². The molecule has 0 aromatic heterocycles. The Kier molecular flexibility index (Phi) is 6.34. The Morgan fingerprint density at radius 2 is 2.18 bits per heavy atom. The van der Waals surface area contributed by atoms with E-state index in [0.717, 1.165) is 31.4 Å². The third-order valence-electron chi connectivity index (χ3n) is 3.48. The van der Waals surface area contributed by atoms with Gasteiger partial charge in [-0.3, -0.25) is 10.1 Å². The number of nitrogens with zero attached hydrogens (tertiary/aromatic N) is 1. The number of nitrogens with one attached hydrogen (secondary N) is 1. The maximum atomic E-state index is 12.4. The van der Waals surface area contributed by atoms with Crippen LogP contribution in [0.15, 0.2) is 0 Å². The molecule has 0 aromatic rings. The molecule has 0 aliphatic carbocycles. The summed E-state index contributed by atoms with van der Waals surface area (Å²) >= 11 is 1.82. The summed E-state index contributed by atoms with van der Waals surface area (Å²) in [7, 11) is 0. The Morgan fingerprint density at radius 1 is 1.47 bits per heavy atom. The molecule has 3 atom stereocenters. The van der Waals surface area contributed by atoms with Crippen molar-refractivity contribution in [2.45, 2.75) is 64.7 Å². The number of thioether (sulfide) groups is 1. The van der Waals surface area contributed by atoms with Crippen LogP contribution in [0.25, 0.3) is 0 Å². The number of rotatable bonds is 7. The van der Waals surface area contributed by atoms with Crippen LogP contribution < -0.4 is 5.32 Å². The lowest BCUT2D eigenvalue weighted by Gasteiger charge is -2.29. The fourth-order valence-corrected chi connectivity index (χ4v) is 3.29. The van der Waals surface area contributed by atoms with E-state index in [2.05, 4.69) is 37.2 Å². The summed E-state index contributed by atoms with van der Waals surface area (Å²) < 4.78 is 0. The Morgan fingerprint density at radius 3 is 2.71 bits per heavy atom. The van der Waals surface area contributed by atoms with E-state index in [0.29, 0.717) is 11.9 Å². The lowest BCUT2D eigenvalue weighted by molar-refractivity contribution is -0.131. The van der Waals surface area contributed by atoms with Crippen LogP contribution >= 0.6 is 11.8 Å². The second-order valence-corrected chi connectivity index (χ2v) is 5.71. The summed E-state index contributed by atoms with van der Waals surface area (Å²) in [4.78, 5) is 14.4. The lowest BCUT2D eigenvalue weighted by atomic mass is 10.1. The number of carbonyl (C=O) groups excluding carboxylic acids is 1. The molecular formula is C13H26N2OS. The second kappa shape index (κ2) is 7.27. The minimum atomic E-state index is 0.0563. The van der Waals surface area contributed by atoms with Crippen LogP contribution in [-0.4, -0.2) is 41.1 Å². The van der Waals surface area contributed by atoms with Crippen molar-refractivity contribution >= 4 is 17.7 Å². The van der Waals surface area contributed by atoms with Crippen LogP contribution in [-0.2, 0) is 4.79 Å². The maximum Gasteiger partial charge on any atom is 0.241 e. The number of amides is 1. The molecule has 4 heteroatoms. The Bertz CT molecular complexity index is 248. The van der Waals surface area contributed by atoms with Gasteiger partial charge in [0, 0.05) is 11.8 Å². The smallest absolute Gasteiger partial charge is 0.241 e. The molecule has 3 nitrogen and oxygen atoms in total. The fourth-order valence-electron chi connectivity index (χ4n) is 2.51. The van der Waals surface area contributed by atoms with E-state index in [9.17, 15) is 4.79 Å². The van der Waals surface area contributed by atoms with Crippen LogP contribution in [0, 0.1) is 0 Å². The number of hydrogen-bond donors (Lipinski definition) is 1. The van der Waals surface area contributed by atoms with Gasteiger partial charge in [-0.15, -0.1) is 0 Å². The van der Waals surface area contributed by atoms with Crippen LogP contribution in [0.2, 0.25) is 0 Å². The van der Waals surface area contributed by atoms with E-state index in [-0.39, 0.29) is 12.2 Å². The van der Waals surface area contributed by atoms with Crippen LogP contribution in [0.5, 0.6) is 0 Å². The van der Waals surface area contributed by atoms with E-state index in [4.69, 9.17) is 0 Å². The molecule has 0 saturated carbocycles. The molecule has 0 aromatic carbocycles. The van der Waals surface area contributed by atoms with Crippen molar-refractivity contribution in [3.05, 3.63) is 0 Å². The minimum absolute atomic E-state index is 0.0563. The molecule has 3 unspecified atom stereocenters. The highest BCUT2D eigenvalue weighted by Crippen LogP contribution is 2.21. The van der Waals surface area contributed by atoms with Gasteiger partial charge in [-0.25, -0.2) is 0 Å². The molecule has 0 bridgehead atoms. The van der Waals surface area contributed by atoms with Crippen LogP contribution in [0.4, 0.5) is 0 Å². The standard InChI is InChI=1S/C13H26N2OS/c1-5-7-8-12-13(16)15(10(3)14-12)11(6-2)9-17-4/h10-12,14H,5-9H2,1-4H3. The zero-order chi connectivity index (χ0) is 12.8. The lowest BCUT2D eigenvalue weighted by Crippen LogP contribution is -2.44. The summed E-state index contributed by atoms with van der Waals surface area (Å²) in [5.74, 6) is 1.35. The molecule has 1 aliphatic heterocycles. The van der Waals surface area contributed by atoms with Crippen LogP contribution in [0.1, 0.15) is 46.5 Å². The van der Waals surface area contributed by atoms with E-state index < -0.39 is 0 Å². The largest absolute Gasteiger partial charge is 0.322 e. The van der Waals surface area contributed by atoms with Crippen molar-refractivity contribution in [3.8, 4) is 0 Å². The molecular weight excluding hydrogens is 232 g/mol. The average Bonchev–Trinajstić information content (AvgIpc) is 2.59. The van der Waals surface area contributed by atoms with Gasteiger partial charge in [0.15, 0.2) is 0 Å². The molecule has 0 spiro atoms. The van der Waals surface area contributed by atoms with E-state index in [1.807, 2.05) is 11.8 Å². The monoisotopic (exact) mass is 258 g/mol. The van der Waals surface area contributed by atoms with Gasteiger partial charge in [0.2, 0.25) is 5.91 Å². The van der Waals surface area contributed by atoms with E-state index in [1.54, 1.807) is 0 Å². The number of unbranched alkanes of at least 4 members (excludes halogenated alkanes) is 1. The van der Waals surface area contributed by atoms with Gasteiger partial charge in [-0.1, -0.05) is 26.7 Å². The molecule has 1 saturated heterocycles. The quantitative estimate of drug-likeness (QED) is 0.761. The molecule has 100 valence electrons. The maximum absolute atomic E-state index is 12.4. The van der Waals surface area contributed by atoms with Crippen molar-refractivity contribution in [3.63, 3.8) is 0 Å². The molecule has 1 N–H and O–H groups in total. The van der Waals surface area contributed by atoms with Crippen molar-refractivity contribution in [1.82, 2.24) is 10.2 Å². The second-order valence-electron chi connectivity index (χ2n) is 4.80. The predicted octanol–water partition coefficient (Wildman–Crippen LogP) is 2.46. The molecule has 0 radical (unpaired) electrons. The minimum Gasteiger partial charge on any atom is -0.322 e. The third kappa shape index (κ3) is 3.62. The van der Waals surface area contributed by atoms with Crippen molar-refractivity contribution < 1.29 is 4.79 Å². The highest BCUT2D eigenvalue weighted by atomic mass is 32.2. The van der Waals surface area contributed by atoms with Gasteiger partial charge in [0.1, 0.15) is 0 Å². The Labute approximate surface area is 110 Å². The van der Waals surface area contributed by atoms with E-state index >= 15 is 0 Å². The first kappa shape index (κ1) is 14.8. The normalized spacial score (nSPS) is 26.6. The highest BCUT2D eigenvalue weighted by molar-refractivity contribution is 7.98. The predicted molar refractivity (Wildman–Crippen MR) is 75.2 cm³/mol. The van der Waals surface area contributed by atoms with Gasteiger partial charge in [0.05, 0.1) is 12.2 Å². The molecule has 1 aliphatic rings. The zero-order valence-corrected chi connectivity index (χ0v) is 12.3. The zero-order valence-electron chi connectivity index (χ0n) is 11.5. The molecule has 1 fully saturated rings. The first-order valence-corrected chi connectivity index (χ1v) is 8.12. The summed E-state index contributed by atoms with van der Waals surface area (Å²) in [6.45, 7) is 6.44. The van der Waals surface area contributed by atoms with Crippen LogP contribution in [0.3, 0.4) is 0 Å². The third-order valence-corrected chi connectivity index (χ3v) is 4.20. The fraction of sp³-hybridized carbons (Fsp3) is 0.923. The number of carbonyl (C=O) groups is 1. The molecule has 1 rings (SSSR count). The van der Waals surface area contributed by atoms with Gasteiger partial charge in [0.25, 0.3) is 0 Å². The topological polar surface area (TPSA) is 32.3 Å². The van der Waals surface area contributed by atoms with Crippen molar-refractivity contribution in [1.29, 1.82) is 0 Å². The van der Waals surface area contributed by atoms with Crippen molar-refractivity contribution in [2.24, 2.45) is 0 Å². The SMILES string of the molecule is CCCCC1NC(C)N(C(CC)CSC)C1=O. The van der Waals surface area contributed by atoms with Gasteiger partial charge in [-0.2, -0.15) is 11.8 Å². The summed E-state index contributed by atoms with van der Waals surface area (Å²) in [6, 6.07) is 0.437. The first-order valence-electron chi connectivity index (χ1n) is 6.72. The van der Waals surface area contributed by atoms with E-state index in [1.165, 1.54) is 0 Å². The average molecular weight is 258 g/mol. The van der Waals surface area contributed by atoms with Gasteiger partial charge >= 0.3 is 0 Å². The summed E-state index contributed by atoms with van der Waals surface area (Å²) in [6.07, 6.45) is 6.60. The highest BCUT2D eigenvalue weighted by Gasteiger charge is 2.38. The summed E-state index contributed by atoms with van der Waals surface area (Å²) in [5, 5.41) is 3.43. The Hall–Kier alpha value is -0.220. The summed E-state index contributed by atoms with van der Waals surface area (Å²) in [5.41, 5.74) is 0.